The minimum Gasteiger partial charge on any atom is -0.476 e. The van der Waals surface area contributed by atoms with Crippen molar-refractivity contribution in [3.05, 3.63) is 48.8 Å². The van der Waals surface area contributed by atoms with Crippen LogP contribution in [0, 0.1) is 0 Å². The van der Waals surface area contributed by atoms with E-state index in [4.69, 9.17) is 24.5 Å². The number of aromatic nitrogens is 4. The molecule has 0 saturated heterocycles. The molecule has 0 radical (unpaired) electrons. The number of benzene rings is 2. The van der Waals surface area contributed by atoms with Gasteiger partial charge in [0.15, 0.2) is 11.2 Å². The Morgan fingerprint density at radius 1 is 1.09 bits per heavy atom. The smallest absolute Gasteiger partial charge is 0.476 e. The minimum atomic E-state index is -2.03. The molecule has 0 aliphatic carbocycles. The fraction of sp³-hybridized carbons (Fsp3) is 0.375. The lowest BCUT2D eigenvalue weighted by Gasteiger charge is -2.21. The number of anilines is 1. The van der Waals surface area contributed by atoms with Crippen LogP contribution in [0.2, 0.25) is 0 Å². The second-order valence-electron chi connectivity index (χ2n) is 7.79. The lowest BCUT2D eigenvalue weighted by molar-refractivity contribution is -0.0596. The van der Waals surface area contributed by atoms with Gasteiger partial charge in [-0.2, -0.15) is 9.97 Å². The van der Waals surface area contributed by atoms with Gasteiger partial charge >= 0.3 is 14.4 Å². The van der Waals surface area contributed by atoms with Crippen molar-refractivity contribution < 1.29 is 23.3 Å². The van der Waals surface area contributed by atoms with Crippen molar-refractivity contribution >= 4 is 35.9 Å². The third-order valence-corrected chi connectivity index (χ3v) is 6.18. The van der Waals surface area contributed by atoms with E-state index in [-0.39, 0.29) is 25.0 Å². The molecule has 0 aliphatic heterocycles. The van der Waals surface area contributed by atoms with Crippen LogP contribution in [0.3, 0.4) is 0 Å². The summed E-state index contributed by atoms with van der Waals surface area (Å²) in [5, 5.41) is 2.02. The highest BCUT2D eigenvalue weighted by atomic mass is 31.1. The molecule has 2 heterocycles. The molecule has 1 unspecified atom stereocenters. The Hall–Kier alpha value is -3.33. The van der Waals surface area contributed by atoms with E-state index in [1.807, 2.05) is 63.2 Å². The molecule has 0 fully saturated rings. The van der Waals surface area contributed by atoms with Crippen LogP contribution in [0.1, 0.15) is 33.4 Å². The summed E-state index contributed by atoms with van der Waals surface area (Å²) in [6.07, 6.45) is 1.49. The summed E-state index contributed by atoms with van der Waals surface area (Å²) in [4.78, 5) is 12.8. The van der Waals surface area contributed by atoms with Gasteiger partial charge in [-0.1, -0.05) is 43.3 Å². The first kappa shape index (κ1) is 24.8. The standard InChI is InChI=1S/C24H29N5O5P/c1-4-18(13-33-35(30)15-32-20-12-8-10-17-9-6-7-11-19(17)20)34-16(3)29-14-26-21-22(29)27-24(25)28-23(21)31-5-2/h6-12,14,16,18H,4-5,13,15H2,1-3H3,(H2,25,27,28)/q+1/t16-,18+/m1/s1. The third kappa shape index (κ3) is 5.85. The van der Waals surface area contributed by atoms with Crippen LogP contribution in [0.4, 0.5) is 5.95 Å². The van der Waals surface area contributed by atoms with Crippen molar-refractivity contribution in [2.75, 3.05) is 25.3 Å². The molecule has 0 aliphatic rings. The van der Waals surface area contributed by atoms with Crippen LogP contribution in [-0.4, -0.2) is 45.2 Å². The Labute approximate surface area is 204 Å². The van der Waals surface area contributed by atoms with Crippen LogP contribution in [0.25, 0.3) is 21.9 Å². The highest BCUT2D eigenvalue weighted by Gasteiger charge is 2.24. The average molecular weight is 499 g/mol. The number of nitrogen functional groups attached to an aromatic ring is 1. The molecule has 2 aromatic heterocycles. The molecule has 35 heavy (non-hydrogen) atoms. The van der Waals surface area contributed by atoms with E-state index in [1.54, 1.807) is 10.9 Å². The Morgan fingerprint density at radius 2 is 1.89 bits per heavy atom. The molecule has 0 saturated carbocycles. The van der Waals surface area contributed by atoms with Crippen LogP contribution in [0.5, 0.6) is 11.6 Å². The van der Waals surface area contributed by atoms with Gasteiger partial charge in [-0.15, -0.1) is 4.52 Å². The predicted molar refractivity (Wildman–Crippen MR) is 134 cm³/mol. The maximum atomic E-state index is 12.5. The first-order valence-corrected chi connectivity index (χ1v) is 12.8. The van der Waals surface area contributed by atoms with Gasteiger partial charge in [0, 0.05) is 5.39 Å². The quantitative estimate of drug-likeness (QED) is 0.267. The summed E-state index contributed by atoms with van der Waals surface area (Å²) >= 11 is 0. The molecule has 11 heteroatoms. The van der Waals surface area contributed by atoms with Crippen molar-refractivity contribution in [3.8, 4) is 11.6 Å². The molecule has 2 aromatic carbocycles. The van der Waals surface area contributed by atoms with Gasteiger partial charge in [-0.25, -0.2) is 4.98 Å². The van der Waals surface area contributed by atoms with Crippen molar-refractivity contribution in [2.24, 2.45) is 0 Å². The molecule has 0 amide bonds. The number of fused-ring (bicyclic) bond motifs is 2. The molecule has 4 aromatic rings. The molecule has 10 nitrogen and oxygen atoms in total. The molecule has 3 atom stereocenters. The average Bonchev–Trinajstić information content (AvgIpc) is 3.29. The molecule has 0 bridgehead atoms. The summed E-state index contributed by atoms with van der Waals surface area (Å²) in [5.41, 5.74) is 6.87. The highest BCUT2D eigenvalue weighted by Crippen LogP contribution is 2.30. The van der Waals surface area contributed by atoms with E-state index in [9.17, 15) is 4.57 Å². The first-order chi connectivity index (χ1) is 17.0. The van der Waals surface area contributed by atoms with E-state index in [0.29, 0.717) is 35.8 Å². The third-order valence-electron chi connectivity index (χ3n) is 5.40. The monoisotopic (exact) mass is 498 g/mol. The van der Waals surface area contributed by atoms with Crippen molar-refractivity contribution in [1.82, 2.24) is 19.5 Å². The van der Waals surface area contributed by atoms with Crippen molar-refractivity contribution in [1.29, 1.82) is 0 Å². The zero-order valence-electron chi connectivity index (χ0n) is 20.0. The van der Waals surface area contributed by atoms with Gasteiger partial charge in [0.1, 0.15) is 18.6 Å². The van der Waals surface area contributed by atoms with Gasteiger partial charge < -0.3 is 19.9 Å². The number of nitrogens with zero attached hydrogens (tertiary/aromatic N) is 4. The molecule has 4 rings (SSSR count). The van der Waals surface area contributed by atoms with Gasteiger partial charge in [0.2, 0.25) is 11.8 Å². The fourth-order valence-corrected chi connectivity index (χ4v) is 4.31. The Bertz CT molecular complexity index is 1310. The lowest BCUT2D eigenvalue weighted by Crippen LogP contribution is -2.22. The number of ether oxygens (including phenoxy) is 3. The number of hydrogen-bond acceptors (Lipinski definition) is 9. The molecular weight excluding hydrogens is 469 g/mol. The minimum absolute atomic E-state index is 0.0438. The fourth-order valence-electron chi connectivity index (χ4n) is 3.65. The van der Waals surface area contributed by atoms with Crippen molar-refractivity contribution in [3.63, 3.8) is 0 Å². The zero-order chi connectivity index (χ0) is 24.8. The van der Waals surface area contributed by atoms with Gasteiger partial charge in [0.25, 0.3) is 0 Å². The summed E-state index contributed by atoms with van der Waals surface area (Å²) in [5.74, 6) is 1.10. The summed E-state index contributed by atoms with van der Waals surface area (Å²) in [7, 11) is -2.03. The van der Waals surface area contributed by atoms with Gasteiger partial charge in [-0.05, 0) is 36.3 Å². The van der Waals surface area contributed by atoms with Crippen LogP contribution >= 0.6 is 8.03 Å². The molecule has 2 N–H and O–H groups in total. The largest absolute Gasteiger partial charge is 0.550 e. The number of hydrogen-bond donors (Lipinski definition) is 1. The van der Waals surface area contributed by atoms with E-state index in [1.165, 1.54) is 0 Å². The van der Waals surface area contributed by atoms with E-state index < -0.39 is 14.3 Å². The van der Waals surface area contributed by atoms with E-state index >= 15 is 0 Å². The van der Waals surface area contributed by atoms with Gasteiger partial charge in [-0.3, -0.25) is 4.57 Å². The zero-order valence-corrected chi connectivity index (χ0v) is 20.9. The SMILES string of the molecule is CCOc1nc(N)nc2c1ncn2[C@@H](C)O[C@@H](CC)CO[P+](=O)COc1cccc2ccccc12. The van der Waals surface area contributed by atoms with Crippen LogP contribution in [0.15, 0.2) is 48.8 Å². The number of nitrogens with two attached hydrogens (primary N) is 1. The Balaban J connectivity index is 1.34. The maximum absolute atomic E-state index is 12.5. The number of imidazole rings is 1. The summed E-state index contributed by atoms with van der Waals surface area (Å²) in [6.45, 7) is 6.29. The van der Waals surface area contributed by atoms with E-state index in [2.05, 4.69) is 15.0 Å². The van der Waals surface area contributed by atoms with E-state index in [0.717, 1.165) is 10.8 Å². The normalized spacial score (nSPS) is 13.6. The van der Waals surface area contributed by atoms with Gasteiger partial charge in [0.05, 0.1) is 19.0 Å². The number of rotatable bonds is 12. The highest BCUT2D eigenvalue weighted by molar-refractivity contribution is 7.38. The second kappa shape index (κ2) is 11.4. The predicted octanol–water partition coefficient (Wildman–Crippen LogP) is 5.07. The lowest BCUT2D eigenvalue weighted by atomic mass is 10.1. The molecule has 184 valence electrons. The second-order valence-corrected chi connectivity index (χ2v) is 8.97. The van der Waals surface area contributed by atoms with Crippen LogP contribution in [-0.2, 0) is 13.8 Å². The first-order valence-electron chi connectivity index (χ1n) is 11.5. The maximum Gasteiger partial charge on any atom is 0.550 e. The summed E-state index contributed by atoms with van der Waals surface area (Å²) in [6, 6.07) is 13.6. The molecular formula is C24H29N5O5P+. The Kier molecular flexibility index (Phi) is 8.07. The topological polar surface area (TPSA) is 124 Å². The molecule has 0 spiro atoms. The summed E-state index contributed by atoms with van der Waals surface area (Å²) < 4.78 is 37.3. The van der Waals surface area contributed by atoms with Crippen LogP contribution < -0.4 is 15.2 Å². The van der Waals surface area contributed by atoms with Crippen molar-refractivity contribution in [2.45, 2.75) is 39.5 Å². The Morgan fingerprint density at radius 3 is 2.69 bits per heavy atom.